The number of hydrogen-bond acceptors (Lipinski definition) is 4. The lowest BCUT2D eigenvalue weighted by molar-refractivity contribution is 0.208. The molecular formula is C16H21F2N3O. The molecule has 2 aromatic rings. The quantitative estimate of drug-likeness (QED) is 0.823. The first-order valence-corrected chi connectivity index (χ1v) is 7.57. The number of aromatic nitrogens is 2. The average Bonchev–Trinajstić information content (AvgIpc) is 2.51. The fraction of sp³-hybridized carbons (Fsp3) is 0.500. The van der Waals surface area contributed by atoms with Gasteiger partial charge in [0.1, 0.15) is 5.52 Å². The number of aliphatic hydroxyl groups excluding tert-OH is 1. The number of hydrogen-bond donors (Lipinski definition) is 2. The summed E-state index contributed by atoms with van der Waals surface area (Å²) in [6, 6.07) is 2.55. The number of nitrogens with zero attached hydrogens (tertiary/aromatic N) is 2. The number of halogens is 2. The molecule has 3 N–H and O–H groups in total. The van der Waals surface area contributed by atoms with Crippen molar-refractivity contribution in [3.8, 4) is 0 Å². The van der Waals surface area contributed by atoms with Crippen molar-refractivity contribution in [3.05, 3.63) is 29.5 Å². The van der Waals surface area contributed by atoms with Gasteiger partial charge in [0, 0.05) is 12.0 Å². The summed E-state index contributed by atoms with van der Waals surface area (Å²) in [7, 11) is 0. The maximum atomic E-state index is 13.8. The molecular weight excluding hydrogens is 288 g/mol. The van der Waals surface area contributed by atoms with Gasteiger partial charge in [-0.15, -0.1) is 0 Å². The zero-order chi connectivity index (χ0) is 16.1. The minimum atomic E-state index is -1.00. The van der Waals surface area contributed by atoms with E-state index < -0.39 is 11.6 Å². The van der Waals surface area contributed by atoms with E-state index in [1.807, 2.05) is 0 Å². The van der Waals surface area contributed by atoms with Gasteiger partial charge in [0.05, 0.1) is 5.69 Å². The number of anilines is 1. The van der Waals surface area contributed by atoms with Gasteiger partial charge in [0.25, 0.3) is 0 Å². The average molecular weight is 309 g/mol. The van der Waals surface area contributed by atoms with E-state index in [2.05, 4.69) is 16.9 Å². The highest BCUT2D eigenvalue weighted by atomic mass is 19.2. The first kappa shape index (κ1) is 16.5. The molecule has 0 bridgehead atoms. The van der Waals surface area contributed by atoms with Gasteiger partial charge < -0.3 is 10.8 Å². The molecule has 22 heavy (non-hydrogen) atoms. The van der Waals surface area contributed by atoms with Crippen molar-refractivity contribution in [1.82, 2.24) is 9.97 Å². The Labute approximate surface area is 128 Å². The van der Waals surface area contributed by atoms with Crippen molar-refractivity contribution in [1.29, 1.82) is 0 Å². The van der Waals surface area contributed by atoms with Crippen molar-refractivity contribution < 1.29 is 13.9 Å². The normalized spacial score (nSPS) is 12.7. The molecule has 0 saturated heterocycles. The summed E-state index contributed by atoms with van der Waals surface area (Å²) in [6.07, 6.45) is 4.33. The first-order valence-electron chi connectivity index (χ1n) is 7.57. The number of nitrogens with two attached hydrogens (primary N) is 1. The molecule has 0 spiro atoms. The maximum absolute atomic E-state index is 13.8. The molecule has 0 amide bonds. The summed E-state index contributed by atoms with van der Waals surface area (Å²) in [6.45, 7) is 2.21. The first-order chi connectivity index (χ1) is 10.6. The highest BCUT2D eigenvalue weighted by Gasteiger charge is 2.15. The second-order valence-corrected chi connectivity index (χ2v) is 5.52. The third-order valence-corrected chi connectivity index (χ3v) is 3.87. The minimum absolute atomic E-state index is 0.0684. The molecule has 0 saturated carbocycles. The second kappa shape index (κ2) is 7.45. The van der Waals surface area contributed by atoms with Crippen molar-refractivity contribution in [3.63, 3.8) is 0 Å². The van der Waals surface area contributed by atoms with E-state index in [1.54, 1.807) is 0 Å². The Hall–Kier alpha value is -1.82. The number of unbranched alkanes of at least 4 members (excludes halogenated alkanes) is 1. The molecule has 1 atom stereocenters. The van der Waals surface area contributed by atoms with E-state index in [0.717, 1.165) is 31.7 Å². The molecule has 0 unspecified atom stereocenters. The molecule has 120 valence electrons. The third-order valence-electron chi connectivity index (χ3n) is 3.87. The van der Waals surface area contributed by atoms with Crippen LogP contribution < -0.4 is 5.73 Å². The van der Waals surface area contributed by atoms with Crippen molar-refractivity contribution in [2.45, 2.75) is 39.0 Å². The van der Waals surface area contributed by atoms with Gasteiger partial charge >= 0.3 is 0 Å². The van der Waals surface area contributed by atoms with E-state index in [-0.39, 0.29) is 24.0 Å². The summed E-state index contributed by atoms with van der Waals surface area (Å²) in [4.78, 5) is 7.95. The van der Waals surface area contributed by atoms with Gasteiger partial charge in [-0.3, -0.25) is 0 Å². The number of benzene rings is 1. The monoisotopic (exact) mass is 309 g/mol. The molecule has 1 aromatic carbocycles. The van der Waals surface area contributed by atoms with Gasteiger partial charge in [-0.1, -0.05) is 19.8 Å². The SMILES string of the molecule is CCCC[C@H](CO)CCc1nc(N)nc2c(F)c(F)ccc12. The van der Waals surface area contributed by atoms with E-state index in [4.69, 9.17) is 5.73 Å². The Bertz CT molecular complexity index is 649. The maximum Gasteiger partial charge on any atom is 0.220 e. The van der Waals surface area contributed by atoms with Crippen LogP contribution in [-0.2, 0) is 6.42 Å². The lowest BCUT2D eigenvalue weighted by atomic mass is 9.96. The van der Waals surface area contributed by atoms with Crippen LogP contribution in [0, 0.1) is 17.6 Å². The minimum Gasteiger partial charge on any atom is -0.396 e. The van der Waals surface area contributed by atoms with E-state index >= 15 is 0 Å². The van der Waals surface area contributed by atoms with Gasteiger partial charge in [0.15, 0.2) is 11.6 Å². The zero-order valence-corrected chi connectivity index (χ0v) is 12.6. The Morgan fingerprint density at radius 3 is 2.68 bits per heavy atom. The van der Waals surface area contributed by atoms with Crippen LogP contribution in [0.3, 0.4) is 0 Å². The summed E-state index contributed by atoms with van der Waals surface area (Å²) >= 11 is 0. The van der Waals surface area contributed by atoms with E-state index in [9.17, 15) is 13.9 Å². The van der Waals surface area contributed by atoms with Crippen LogP contribution in [0.25, 0.3) is 10.9 Å². The molecule has 4 nitrogen and oxygen atoms in total. The van der Waals surface area contributed by atoms with Crippen LogP contribution in [0.1, 0.15) is 38.3 Å². The van der Waals surface area contributed by atoms with Crippen LogP contribution in [0.4, 0.5) is 14.7 Å². The molecule has 0 radical (unpaired) electrons. The number of fused-ring (bicyclic) bond motifs is 1. The van der Waals surface area contributed by atoms with Gasteiger partial charge in [-0.05, 0) is 37.3 Å². The smallest absolute Gasteiger partial charge is 0.220 e. The number of aliphatic hydroxyl groups is 1. The topological polar surface area (TPSA) is 72.0 Å². The molecule has 0 aliphatic carbocycles. The molecule has 1 aromatic heterocycles. The number of rotatable bonds is 7. The fourth-order valence-electron chi connectivity index (χ4n) is 2.57. The van der Waals surface area contributed by atoms with Crippen LogP contribution in [0.5, 0.6) is 0 Å². The van der Waals surface area contributed by atoms with Crippen molar-refractivity contribution in [2.24, 2.45) is 5.92 Å². The van der Waals surface area contributed by atoms with Crippen molar-refractivity contribution in [2.75, 3.05) is 12.3 Å². The molecule has 0 aliphatic rings. The lowest BCUT2D eigenvalue weighted by Gasteiger charge is -2.14. The highest BCUT2D eigenvalue weighted by Crippen LogP contribution is 2.24. The summed E-state index contributed by atoms with van der Waals surface area (Å²) in [5.74, 6) is -1.84. The Morgan fingerprint density at radius 2 is 2.00 bits per heavy atom. The molecule has 1 heterocycles. The Kier molecular flexibility index (Phi) is 5.60. The molecule has 0 aliphatic heterocycles. The molecule has 6 heteroatoms. The van der Waals surface area contributed by atoms with Crippen LogP contribution in [0.2, 0.25) is 0 Å². The van der Waals surface area contributed by atoms with Crippen LogP contribution in [0.15, 0.2) is 12.1 Å². The predicted molar refractivity (Wildman–Crippen MR) is 82.3 cm³/mol. The van der Waals surface area contributed by atoms with Crippen LogP contribution in [-0.4, -0.2) is 21.7 Å². The highest BCUT2D eigenvalue weighted by molar-refractivity contribution is 5.82. The fourth-order valence-corrected chi connectivity index (χ4v) is 2.57. The number of nitrogen functional groups attached to an aromatic ring is 1. The zero-order valence-electron chi connectivity index (χ0n) is 12.6. The largest absolute Gasteiger partial charge is 0.396 e. The summed E-state index contributed by atoms with van der Waals surface area (Å²) in [5, 5.41) is 9.88. The summed E-state index contributed by atoms with van der Waals surface area (Å²) in [5.41, 5.74) is 6.11. The molecule has 0 fully saturated rings. The van der Waals surface area contributed by atoms with Crippen LogP contribution >= 0.6 is 0 Å². The van der Waals surface area contributed by atoms with Gasteiger partial charge in [0.2, 0.25) is 5.95 Å². The molecule has 2 rings (SSSR count). The number of aryl methyl sites for hydroxylation is 1. The summed E-state index contributed by atoms with van der Waals surface area (Å²) < 4.78 is 27.1. The second-order valence-electron chi connectivity index (χ2n) is 5.52. The Balaban J connectivity index is 2.25. The third kappa shape index (κ3) is 3.68. The lowest BCUT2D eigenvalue weighted by Crippen LogP contribution is -2.09. The Morgan fingerprint density at radius 1 is 1.23 bits per heavy atom. The van der Waals surface area contributed by atoms with Gasteiger partial charge in [-0.25, -0.2) is 18.7 Å². The standard InChI is InChI=1S/C16H21F2N3O/c1-2-3-4-10(9-22)5-8-13-11-6-7-12(17)14(18)15(11)21-16(19)20-13/h6-7,10,22H,2-5,8-9H2,1H3,(H2,19,20,21)/t10-/m0/s1. The van der Waals surface area contributed by atoms with E-state index in [1.165, 1.54) is 6.07 Å². The van der Waals surface area contributed by atoms with Gasteiger partial charge in [-0.2, -0.15) is 0 Å². The predicted octanol–water partition coefficient (Wildman–Crippen LogP) is 3.22. The van der Waals surface area contributed by atoms with E-state index in [0.29, 0.717) is 17.5 Å². The van der Waals surface area contributed by atoms with Crippen molar-refractivity contribution >= 4 is 16.9 Å².